The summed E-state index contributed by atoms with van der Waals surface area (Å²) in [6.45, 7) is 4.04. The van der Waals surface area contributed by atoms with Gasteiger partial charge in [-0.1, -0.05) is 38.1 Å². The Bertz CT molecular complexity index is 1280. The summed E-state index contributed by atoms with van der Waals surface area (Å²) >= 11 is 0. The molecule has 0 fully saturated rings. The Morgan fingerprint density at radius 3 is 2.09 bits per heavy atom. The number of aryl methyl sites for hydroxylation is 2. The maximum atomic E-state index is 12.9. The fraction of sp³-hybridized carbons (Fsp3) is 0.160. The van der Waals surface area contributed by atoms with Gasteiger partial charge in [0.05, 0.1) is 16.2 Å². The van der Waals surface area contributed by atoms with Crippen LogP contribution in [0.3, 0.4) is 0 Å². The SMILES string of the molecule is CCc1cccc(CC)c1NC(=O)c1ccc(N2C(=O)c3cccc([N+](=O)[O-])c3C2=O)cc1. The van der Waals surface area contributed by atoms with Gasteiger partial charge in [-0.25, -0.2) is 4.90 Å². The normalized spacial score (nSPS) is 12.6. The molecule has 3 aromatic carbocycles. The second kappa shape index (κ2) is 8.66. The molecule has 0 saturated heterocycles. The van der Waals surface area contributed by atoms with Crippen molar-refractivity contribution in [3.63, 3.8) is 0 Å². The van der Waals surface area contributed by atoms with Gasteiger partial charge >= 0.3 is 0 Å². The molecule has 0 unspecified atom stereocenters. The van der Waals surface area contributed by atoms with E-state index in [1.165, 1.54) is 42.5 Å². The molecule has 0 spiro atoms. The number of nitrogens with zero attached hydrogens (tertiary/aromatic N) is 2. The number of imide groups is 1. The predicted molar refractivity (Wildman–Crippen MR) is 124 cm³/mol. The van der Waals surface area contributed by atoms with Crippen LogP contribution in [0.15, 0.2) is 60.7 Å². The summed E-state index contributed by atoms with van der Waals surface area (Å²) in [6, 6.07) is 15.9. The summed E-state index contributed by atoms with van der Waals surface area (Å²) in [6.07, 6.45) is 1.54. The number of rotatable bonds is 6. The second-order valence-electron chi connectivity index (χ2n) is 7.56. The standard InChI is InChI=1S/C25H21N3O5/c1-3-15-7-5-8-16(4-2)22(15)26-23(29)17-11-13-18(14-12-17)27-24(30)19-9-6-10-20(28(32)33)21(19)25(27)31/h5-14H,3-4H2,1-2H3,(H,26,29). The lowest BCUT2D eigenvalue weighted by Gasteiger charge is -2.16. The Labute approximate surface area is 190 Å². The van der Waals surface area contributed by atoms with E-state index in [1.54, 1.807) is 0 Å². The molecule has 1 aliphatic rings. The van der Waals surface area contributed by atoms with Crippen LogP contribution in [0.4, 0.5) is 17.1 Å². The number of carbonyl (C=O) groups is 3. The number of fused-ring (bicyclic) bond motifs is 1. The van der Waals surface area contributed by atoms with E-state index in [0.717, 1.165) is 34.6 Å². The van der Waals surface area contributed by atoms with Crippen molar-refractivity contribution in [2.75, 3.05) is 10.2 Å². The summed E-state index contributed by atoms with van der Waals surface area (Å²) < 4.78 is 0. The molecular formula is C25H21N3O5. The van der Waals surface area contributed by atoms with Gasteiger partial charge in [-0.2, -0.15) is 0 Å². The first-order valence-corrected chi connectivity index (χ1v) is 10.6. The Balaban J connectivity index is 1.60. The third-order valence-corrected chi connectivity index (χ3v) is 5.71. The topological polar surface area (TPSA) is 110 Å². The van der Waals surface area contributed by atoms with Crippen LogP contribution in [0, 0.1) is 10.1 Å². The number of carbonyl (C=O) groups excluding carboxylic acids is 3. The van der Waals surface area contributed by atoms with E-state index in [1.807, 2.05) is 32.0 Å². The Morgan fingerprint density at radius 1 is 0.909 bits per heavy atom. The van der Waals surface area contributed by atoms with Gasteiger partial charge in [0.1, 0.15) is 5.56 Å². The van der Waals surface area contributed by atoms with Gasteiger partial charge < -0.3 is 5.32 Å². The van der Waals surface area contributed by atoms with Crippen molar-refractivity contribution in [2.45, 2.75) is 26.7 Å². The highest BCUT2D eigenvalue weighted by molar-refractivity contribution is 6.35. The van der Waals surface area contributed by atoms with Gasteiger partial charge in [-0.3, -0.25) is 24.5 Å². The first-order valence-electron chi connectivity index (χ1n) is 10.6. The summed E-state index contributed by atoms with van der Waals surface area (Å²) in [4.78, 5) is 50.0. The smallest absolute Gasteiger partial charge is 0.283 e. The van der Waals surface area contributed by atoms with Crippen molar-refractivity contribution in [1.29, 1.82) is 0 Å². The van der Waals surface area contributed by atoms with E-state index in [4.69, 9.17) is 0 Å². The van der Waals surface area contributed by atoms with Crippen molar-refractivity contribution in [1.82, 2.24) is 0 Å². The molecule has 0 bridgehead atoms. The van der Waals surface area contributed by atoms with E-state index in [2.05, 4.69) is 5.32 Å². The third kappa shape index (κ3) is 3.76. The molecule has 8 nitrogen and oxygen atoms in total. The highest BCUT2D eigenvalue weighted by Crippen LogP contribution is 2.34. The molecule has 0 saturated carbocycles. The van der Waals surface area contributed by atoms with Crippen LogP contribution in [-0.2, 0) is 12.8 Å². The molecule has 1 aliphatic heterocycles. The van der Waals surface area contributed by atoms with Crippen LogP contribution in [-0.4, -0.2) is 22.6 Å². The Hall–Kier alpha value is -4.33. The zero-order chi connectivity index (χ0) is 23.7. The van der Waals surface area contributed by atoms with Gasteiger partial charge in [0.25, 0.3) is 23.4 Å². The largest absolute Gasteiger partial charge is 0.321 e. The predicted octanol–water partition coefficient (Wildman–Crippen LogP) is 4.77. The Kier molecular flexibility index (Phi) is 5.74. The number of nitro groups is 1. The van der Waals surface area contributed by atoms with E-state index in [0.29, 0.717) is 5.56 Å². The molecule has 0 atom stereocenters. The molecule has 3 aromatic rings. The monoisotopic (exact) mass is 443 g/mol. The number of nitrogens with one attached hydrogen (secondary N) is 1. The lowest BCUT2D eigenvalue weighted by atomic mass is 10.0. The number of nitro benzene ring substituents is 1. The molecule has 3 amide bonds. The van der Waals surface area contributed by atoms with E-state index in [-0.39, 0.29) is 22.7 Å². The van der Waals surface area contributed by atoms with Crippen LogP contribution in [0.1, 0.15) is 56.0 Å². The van der Waals surface area contributed by atoms with Crippen molar-refractivity contribution in [3.05, 3.63) is 98.6 Å². The average Bonchev–Trinajstić information content (AvgIpc) is 3.09. The van der Waals surface area contributed by atoms with E-state index >= 15 is 0 Å². The summed E-state index contributed by atoms with van der Waals surface area (Å²) in [7, 11) is 0. The summed E-state index contributed by atoms with van der Waals surface area (Å²) in [5, 5.41) is 14.3. The zero-order valence-corrected chi connectivity index (χ0v) is 18.1. The summed E-state index contributed by atoms with van der Waals surface area (Å²) in [5.41, 5.74) is 2.80. The van der Waals surface area contributed by atoms with Crippen molar-refractivity contribution < 1.29 is 19.3 Å². The minimum absolute atomic E-state index is 0.0145. The average molecular weight is 443 g/mol. The first-order chi connectivity index (χ1) is 15.9. The summed E-state index contributed by atoms with van der Waals surface area (Å²) in [5.74, 6) is -1.71. The number of benzene rings is 3. The minimum atomic E-state index is -0.760. The van der Waals surface area contributed by atoms with Crippen molar-refractivity contribution >= 4 is 34.8 Å². The molecule has 8 heteroatoms. The highest BCUT2D eigenvalue weighted by Gasteiger charge is 2.41. The van der Waals surface area contributed by atoms with Gasteiger partial charge in [-0.05, 0) is 54.3 Å². The number of amides is 3. The quantitative estimate of drug-likeness (QED) is 0.335. The highest BCUT2D eigenvalue weighted by atomic mass is 16.6. The van der Waals surface area contributed by atoms with Gasteiger partial charge in [0.2, 0.25) is 0 Å². The van der Waals surface area contributed by atoms with Crippen LogP contribution >= 0.6 is 0 Å². The van der Waals surface area contributed by atoms with Crippen molar-refractivity contribution in [2.24, 2.45) is 0 Å². The molecule has 33 heavy (non-hydrogen) atoms. The number of hydrogen-bond donors (Lipinski definition) is 1. The molecule has 4 rings (SSSR count). The number of para-hydroxylation sites is 1. The zero-order valence-electron chi connectivity index (χ0n) is 18.1. The van der Waals surface area contributed by atoms with Crippen molar-refractivity contribution in [3.8, 4) is 0 Å². The lowest BCUT2D eigenvalue weighted by Crippen LogP contribution is -2.29. The number of anilines is 2. The molecule has 166 valence electrons. The van der Waals surface area contributed by atoms with Gasteiger partial charge in [0, 0.05) is 17.3 Å². The Morgan fingerprint density at radius 2 is 1.52 bits per heavy atom. The molecule has 1 heterocycles. The van der Waals surface area contributed by atoms with E-state index < -0.39 is 22.4 Å². The third-order valence-electron chi connectivity index (χ3n) is 5.71. The molecule has 0 aliphatic carbocycles. The van der Waals surface area contributed by atoms with Crippen LogP contribution in [0.5, 0.6) is 0 Å². The molecule has 1 N–H and O–H groups in total. The van der Waals surface area contributed by atoms with E-state index in [9.17, 15) is 24.5 Å². The van der Waals surface area contributed by atoms with Crippen LogP contribution < -0.4 is 10.2 Å². The van der Waals surface area contributed by atoms with Gasteiger partial charge in [0.15, 0.2) is 0 Å². The fourth-order valence-corrected chi connectivity index (χ4v) is 4.00. The number of hydrogen-bond acceptors (Lipinski definition) is 5. The second-order valence-corrected chi connectivity index (χ2v) is 7.56. The first kappa shape index (κ1) is 21.9. The van der Waals surface area contributed by atoms with Crippen LogP contribution in [0.2, 0.25) is 0 Å². The minimum Gasteiger partial charge on any atom is -0.321 e. The molecule has 0 aromatic heterocycles. The molecular weight excluding hydrogens is 422 g/mol. The van der Waals surface area contributed by atoms with Gasteiger partial charge in [-0.15, -0.1) is 0 Å². The maximum Gasteiger partial charge on any atom is 0.283 e. The van der Waals surface area contributed by atoms with Crippen LogP contribution in [0.25, 0.3) is 0 Å². The fourth-order valence-electron chi connectivity index (χ4n) is 4.00. The molecule has 0 radical (unpaired) electrons. The lowest BCUT2D eigenvalue weighted by molar-refractivity contribution is -0.385. The maximum absolute atomic E-state index is 12.9.